The predicted molar refractivity (Wildman–Crippen MR) is 76.1 cm³/mol. The number of ether oxygens (including phenoxy) is 1. The molecule has 2 nitrogen and oxygen atoms in total. The van der Waals surface area contributed by atoms with Gasteiger partial charge in [0.2, 0.25) is 0 Å². The third-order valence-corrected chi connectivity index (χ3v) is 3.12. The van der Waals surface area contributed by atoms with E-state index in [4.69, 9.17) is 22.1 Å². The van der Waals surface area contributed by atoms with E-state index in [2.05, 4.69) is 0 Å². The molecule has 0 fully saturated rings. The minimum atomic E-state index is -0.347. The summed E-state index contributed by atoms with van der Waals surface area (Å²) in [4.78, 5) is 0. The van der Waals surface area contributed by atoms with Crippen molar-refractivity contribution >= 4 is 17.3 Å². The van der Waals surface area contributed by atoms with E-state index in [1.54, 1.807) is 6.07 Å². The Labute approximate surface area is 117 Å². The lowest BCUT2D eigenvalue weighted by molar-refractivity contribution is 0.302. The normalized spacial score (nSPS) is 10.5. The van der Waals surface area contributed by atoms with Crippen LogP contribution < -0.4 is 10.5 Å². The molecule has 0 aliphatic carbocycles. The van der Waals surface area contributed by atoms with Crippen molar-refractivity contribution in [1.82, 2.24) is 0 Å². The van der Waals surface area contributed by atoms with Crippen LogP contribution in [0.15, 0.2) is 30.3 Å². The van der Waals surface area contributed by atoms with Crippen LogP contribution in [0.25, 0.3) is 0 Å². The van der Waals surface area contributed by atoms with Gasteiger partial charge in [-0.05, 0) is 49.2 Å². The maximum Gasteiger partial charge on any atom is 0.125 e. The monoisotopic (exact) mass is 279 g/mol. The number of aryl methyl sites for hydroxylation is 2. The van der Waals surface area contributed by atoms with Crippen molar-refractivity contribution in [3.05, 3.63) is 57.9 Å². The Morgan fingerprint density at radius 1 is 1.16 bits per heavy atom. The Kier molecular flexibility index (Phi) is 3.96. The number of hydrogen-bond acceptors (Lipinski definition) is 2. The Bertz CT molecular complexity index is 590. The summed E-state index contributed by atoms with van der Waals surface area (Å²) in [5, 5.41) is 0.684. The first kappa shape index (κ1) is 13.7. The molecule has 0 saturated heterocycles. The fourth-order valence-corrected chi connectivity index (χ4v) is 2.30. The molecule has 2 rings (SSSR count). The van der Waals surface area contributed by atoms with E-state index in [0.717, 1.165) is 22.4 Å². The Hall–Kier alpha value is -1.74. The molecule has 2 aromatic rings. The lowest BCUT2D eigenvalue weighted by Gasteiger charge is -2.13. The lowest BCUT2D eigenvalue weighted by atomic mass is 10.1. The summed E-state index contributed by atoms with van der Waals surface area (Å²) >= 11 is 5.96. The maximum absolute atomic E-state index is 12.9. The minimum Gasteiger partial charge on any atom is -0.488 e. The fourth-order valence-electron chi connectivity index (χ4n) is 1.97. The standard InChI is InChI=1S/C15H15ClFNO/c1-9-5-12(16)6-10(2)15(9)19-8-11-3-4-13(17)7-14(11)18/h3-7H,8,18H2,1-2H3. The molecule has 2 N–H and O–H groups in total. The van der Waals surface area contributed by atoms with Crippen LogP contribution in [0.2, 0.25) is 5.02 Å². The fraction of sp³-hybridized carbons (Fsp3) is 0.200. The molecule has 0 spiro atoms. The van der Waals surface area contributed by atoms with Gasteiger partial charge in [0.15, 0.2) is 0 Å². The lowest BCUT2D eigenvalue weighted by Crippen LogP contribution is -2.02. The quantitative estimate of drug-likeness (QED) is 0.852. The summed E-state index contributed by atoms with van der Waals surface area (Å²) in [5.74, 6) is 0.438. The first-order valence-corrected chi connectivity index (χ1v) is 6.28. The third kappa shape index (κ3) is 3.18. The van der Waals surface area contributed by atoms with Crippen molar-refractivity contribution in [3.63, 3.8) is 0 Å². The van der Waals surface area contributed by atoms with Crippen molar-refractivity contribution in [3.8, 4) is 5.75 Å². The summed E-state index contributed by atoms with van der Waals surface area (Å²) in [6.07, 6.45) is 0. The van der Waals surface area contributed by atoms with Crippen molar-refractivity contribution in [2.24, 2.45) is 0 Å². The smallest absolute Gasteiger partial charge is 0.125 e. The Balaban J connectivity index is 2.19. The molecule has 0 aromatic heterocycles. The molecule has 0 saturated carbocycles. The number of hydrogen-bond donors (Lipinski definition) is 1. The molecule has 100 valence electrons. The molecule has 19 heavy (non-hydrogen) atoms. The highest BCUT2D eigenvalue weighted by Gasteiger charge is 2.07. The largest absolute Gasteiger partial charge is 0.488 e. The Morgan fingerprint density at radius 2 is 1.79 bits per heavy atom. The first-order chi connectivity index (χ1) is 8.97. The SMILES string of the molecule is Cc1cc(Cl)cc(C)c1OCc1ccc(F)cc1N. The van der Waals surface area contributed by atoms with Crippen LogP contribution >= 0.6 is 11.6 Å². The van der Waals surface area contributed by atoms with Crippen molar-refractivity contribution in [1.29, 1.82) is 0 Å². The third-order valence-electron chi connectivity index (χ3n) is 2.91. The average Bonchev–Trinajstić information content (AvgIpc) is 2.30. The van der Waals surface area contributed by atoms with Crippen molar-refractivity contribution < 1.29 is 9.13 Å². The zero-order valence-electron chi connectivity index (χ0n) is 10.8. The van der Waals surface area contributed by atoms with E-state index in [1.165, 1.54) is 12.1 Å². The van der Waals surface area contributed by atoms with E-state index in [9.17, 15) is 4.39 Å². The van der Waals surface area contributed by atoms with Gasteiger partial charge < -0.3 is 10.5 Å². The van der Waals surface area contributed by atoms with Gasteiger partial charge in [0.25, 0.3) is 0 Å². The molecular formula is C15H15ClFNO. The number of nitrogens with two attached hydrogens (primary N) is 1. The molecular weight excluding hydrogens is 265 g/mol. The van der Waals surface area contributed by atoms with Crippen LogP contribution in [0.4, 0.5) is 10.1 Å². The Morgan fingerprint density at radius 3 is 2.37 bits per heavy atom. The van der Waals surface area contributed by atoms with Gasteiger partial charge in [-0.2, -0.15) is 0 Å². The number of nitrogen functional groups attached to an aromatic ring is 1. The number of halogens is 2. The van der Waals surface area contributed by atoms with Crippen LogP contribution in [0.5, 0.6) is 5.75 Å². The molecule has 0 aliphatic heterocycles. The maximum atomic E-state index is 12.9. The number of rotatable bonds is 3. The second kappa shape index (κ2) is 5.49. The summed E-state index contributed by atoms with van der Waals surface area (Å²) in [7, 11) is 0. The highest BCUT2D eigenvalue weighted by molar-refractivity contribution is 6.30. The van der Waals surface area contributed by atoms with Gasteiger partial charge >= 0.3 is 0 Å². The second-order valence-corrected chi connectivity index (χ2v) is 4.94. The first-order valence-electron chi connectivity index (χ1n) is 5.91. The topological polar surface area (TPSA) is 35.2 Å². The summed E-state index contributed by atoms with van der Waals surface area (Å²) in [6, 6.07) is 7.98. The second-order valence-electron chi connectivity index (χ2n) is 4.50. The van der Waals surface area contributed by atoms with Gasteiger partial charge in [-0.1, -0.05) is 17.7 Å². The molecule has 0 heterocycles. The van der Waals surface area contributed by atoms with E-state index >= 15 is 0 Å². The van der Waals surface area contributed by atoms with E-state index in [1.807, 2.05) is 26.0 Å². The zero-order chi connectivity index (χ0) is 14.0. The van der Waals surface area contributed by atoms with Crippen molar-refractivity contribution in [2.75, 3.05) is 5.73 Å². The average molecular weight is 280 g/mol. The van der Waals surface area contributed by atoms with Gasteiger partial charge in [-0.3, -0.25) is 0 Å². The molecule has 0 amide bonds. The minimum absolute atomic E-state index is 0.301. The highest BCUT2D eigenvalue weighted by Crippen LogP contribution is 2.28. The van der Waals surface area contributed by atoms with Crippen LogP contribution in [-0.4, -0.2) is 0 Å². The van der Waals surface area contributed by atoms with Crippen LogP contribution in [0, 0.1) is 19.7 Å². The molecule has 2 aromatic carbocycles. The van der Waals surface area contributed by atoms with E-state index in [0.29, 0.717) is 17.3 Å². The van der Waals surface area contributed by atoms with Gasteiger partial charge in [-0.15, -0.1) is 0 Å². The summed E-state index contributed by atoms with van der Waals surface area (Å²) in [6.45, 7) is 4.17. The van der Waals surface area contributed by atoms with E-state index in [-0.39, 0.29) is 5.82 Å². The van der Waals surface area contributed by atoms with Crippen LogP contribution in [0.3, 0.4) is 0 Å². The predicted octanol–water partition coefficient (Wildman–Crippen LogP) is 4.26. The van der Waals surface area contributed by atoms with Gasteiger partial charge in [0, 0.05) is 16.3 Å². The van der Waals surface area contributed by atoms with Gasteiger partial charge in [0.1, 0.15) is 18.2 Å². The van der Waals surface area contributed by atoms with Crippen molar-refractivity contribution in [2.45, 2.75) is 20.5 Å². The molecule has 4 heteroatoms. The van der Waals surface area contributed by atoms with Crippen LogP contribution in [-0.2, 0) is 6.61 Å². The zero-order valence-corrected chi connectivity index (χ0v) is 11.6. The van der Waals surface area contributed by atoms with Gasteiger partial charge in [0.05, 0.1) is 0 Å². The summed E-state index contributed by atoms with van der Waals surface area (Å²) in [5.41, 5.74) is 8.82. The van der Waals surface area contributed by atoms with Crippen LogP contribution in [0.1, 0.15) is 16.7 Å². The number of benzene rings is 2. The number of anilines is 1. The molecule has 0 aliphatic rings. The molecule has 0 bridgehead atoms. The highest BCUT2D eigenvalue weighted by atomic mass is 35.5. The molecule has 0 radical (unpaired) electrons. The summed E-state index contributed by atoms with van der Waals surface area (Å²) < 4.78 is 18.7. The van der Waals surface area contributed by atoms with E-state index < -0.39 is 0 Å². The van der Waals surface area contributed by atoms with Gasteiger partial charge in [-0.25, -0.2) is 4.39 Å². The molecule has 0 unspecified atom stereocenters. The molecule has 0 atom stereocenters.